The third-order valence-corrected chi connectivity index (χ3v) is 2.97. The van der Waals surface area contributed by atoms with Crippen LogP contribution in [-0.4, -0.2) is 42.1 Å². The van der Waals surface area contributed by atoms with Crippen molar-refractivity contribution in [3.63, 3.8) is 0 Å². The topological polar surface area (TPSA) is 58.6 Å². The molecule has 0 radical (unpaired) electrons. The molecule has 16 heavy (non-hydrogen) atoms. The molecule has 1 atom stereocenters. The first-order chi connectivity index (χ1) is 7.43. The van der Waals surface area contributed by atoms with Crippen molar-refractivity contribution in [2.75, 3.05) is 13.7 Å². The summed E-state index contributed by atoms with van der Waals surface area (Å²) in [5.74, 6) is -0.389. The Hall–Kier alpha value is -1.26. The summed E-state index contributed by atoms with van der Waals surface area (Å²) in [4.78, 5) is 24.9. The Morgan fingerprint density at radius 3 is 2.75 bits per heavy atom. The van der Waals surface area contributed by atoms with Crippen LogP contribution in [0.2, 0.25) is 0 Å². The Morgan fingerprint density at radius 1 is 1.62 bits per heavy atom. The lowest BCUT2D eigenvalue weighted by molar-refractivity contribution is -0.151. The summed E-state index contributed by atoms with van der Waals surface area (Å²) < 4.78 is 4.71. The standard InChI is InChI=1S/C11H20N2O3/c1-5-6-8-7-13(10(15)12-8)11(2,3)9(14)16-4/h8H,5-7H2,1-4H3,(H,12,15). The lowest BCUT2D eigenvalue weighted by Crippen LogP contribution is -2.52. The summed E-state index contributed by atoms with van der Waals surface area (Å²) in [6, 6.07) is -0.0460. The Morgan fingerprint density at radius 2 is 2.25 bits per heavy atom. The molecule has 1 rings (SSSR count). The maximum absolute atomic E-state index is 11.7. The van der Waals surface area contributed by atoms with Gasteiger partial charge in [0.2, 0.25) is 0 Å². The monoisotopic (exact) mass is 228 g/mol. The number of hydrogen-bond donors (Lipinski definition) is 1. The summed E-state index contributed by atoms with van der Waals surface area (Å²) in [5.41, 5.74) is -0.901. The van der Waals surface area contributed by atoms with E-state index < -0.39 is 5.54 Å². The van der Waals surface area contributed by atoms with E-state index in [-0.39, 0.29) is 18.0 Å². The molecule has 0 saturated carbocycles. The maximum atomic E-state index is 11.7. The van der Waals surface area contributed by atoms with Gasteiger partial charge in [-0.2, -0.15) is 0 Å². The third-order valence-electron chi connectivity index (χ3n) is 2.97. The van der Waals surface area contributed by atoms with Gasteiger partial charge < -0.3 is 15.0 Å². The predicted octanol–water partition coefficient (Wildman–Crippen LogP) is 1.13. The fourth-order valence-corrected chi connectivity index (χ4v) is 1.96. The molecule has 92 valence electrons. The van der Waals surface area contributed by atoms with E-state index in [4.69, 9.17) is 4.74 Å². The number of ether oxygens (including phenoxy) is 1. The molecule has 1 aliphatic heterocycles. The zero-order valence-electron chi connectivity index (χ0n) is 10.4. The Kier molecular flexibility index (Phi) is 3.78. The van der Waals surface area contributed by atoms with Crippen LogP contribution < -0.4 is 5.32 Å². The fourth-order valence-electron chi connectivity index (χ4n) is 1.96. The summed E-state index contributed by atoms with van der Waals surface area (Å²) in [7, 11) is 1.33. The van der Waals surface area contributed by atoms with Crippen molar-refractivity contribution in [3.8, 4) is 0 Å². The summed E-state index contributed by atoms with van der Waals surface area (Å²) in [5, 5.41) is 2.87. The molecule has 0 aromatic rings. The molecule has 1 heterocycles. The van der Waals surface area contributed by atoms with Crippen LogP contribution in [0.1, 0.15) is 33.6 Å². The molecular formula is C11H20N2O3. The molecule has 1 aliphatic rings. The van der Waals surface area contributed by atoms with Gasteiger partial charge in [0.05, 0.1) is 7.11 Å². The van der Waals surface area contributed by atoms with Crippen molar-refractivity contribution in [1.82, 2.24) is 10.2 Å². The van der Waals surface area contributed by atoms with E-state index in [0.29, 0.717) is 6.54 Å². The van der Waals surface area contributed by atoms with Gasteiger partial charge >= 0.3 is 12.0 Å². The van der Waals surface area contributed by atoms with E-state index in [1.807, 2.05) is 0 Å². The van der Waals surface area contributed by atoms with Crippen LogP contribution in [0.4, 0.5) is 4.79 Å². The van der Waals surface area contributed by atoms with E-state index in [9.17, 15) is 9.59 Å². The van der Waals surface area contributed by atoms with Crippen molar-refractivity contribution in [1.29, 1.82) is 0 Å². The minimum absolute atomic E-state index is 0.140. The maximum Gasteiger partial charge on any atom is 0.331 e. The van der Waals surface area contributed by atoms with Gasteiger partial charge in [0.25, 0.3) is 0 Å². The highest BCUT2D eigenvalue weighted by Crippen LogP contribution is 2.21. The highest BCUT2D eigenvalue weighted by Gasteiger charge is 2.43. The number of nitrogens with one attached hydrogen (secondary N) is 1. The SMILES string of the molecule is CCCC1CN(C(C)(C)C(=O)OC)C(=O)N1. The number of esters is 1. The second kappa shape index (κ2) is 4.72. The molecule has 0 aromatic carbocycles. The van der Waals surface area contributed by atoms with Crippen molar-refractivity contribution >= 4 is 12.0 Å². The third kappa shape index (κ3) is 2.28. The van der Waals surface area contributed by atoms with Gasteiger partial charge in [-0.25, -0.2) is 9.59 Å². The average Bonchev–Trinajstić information content (AvgIpc) is 2.59. The Labute approximate surface area is 96.1 Å². The predicted molar refractivity (Wildman–Crippen MR) is 60.0 cm³/mol. The van der Waals surface area contributed by atoms with Crippen molar-refractivity contribution in [3.05, 3.63) is 0 Å². The highest BCUT2D eigenvalue weighted by molar-refractivity contribution is 5.87. The molecule has 1 N–H and O–H groups in total. The molecule has 1 fully saturated rings. The number of hydrogen-bond acceptors (Lipinski definition) is 3. The summed E-state index contributed by atoms with van der Waals surface area (Å²) >= 11 is 0. The number of urea groups is 1. The van der Waals surface area contributed by atoms with Crippen molar-refractivity contribution < 1.29 is 14.3 Å². The number of carbonyl (C=O) groups excluding carboxylic acids is 2. The lowest BCUT2D eigenvalue weighted by atomic mass is 10.0. The number of amides is 2. The molecule has 2 amide bonds. The number of carbonyl (C=O) groups is 2. The molecule has 0 aliphatic carbocycles. The molecule has 0 aromatic heterocycles. The quantitative estimate of drug-likeness (QED) is 0.734. The molecule has 0 bridgehead atoms. The molecule has 0 spiro atoms. The van der Waals surface area contributed by atoms with Crippen LogP contribution in [0, 0.1) is 0 Å². The molecular weight excluding hydrogens is 208 g/mol. The van der Waals surface area contributed by atoms with Gasteiger partial charge in [0, 0.05) is 12.6 Å². The minimum Gasteiger partial charge on any atom is -0.467 e. The highest BCUT2D eigenvalue weighted by atomic mass is 16.5. The average molecular weight is 228 g/mol. The van der Waals surface area contributed by atoms with Gasteiger partial charge in [-0.3, -0.25) is 0 Å². The van der Waals surface area contributed by atoms with Gasteiger partial charge in [-0.05, 0) is 20.3 Å². The van der Waals surface area contributed by atoms with Crippen molar-refractivity contribution in [2.24, 2.45) is 0 Å². The van der Waals surface area contributed by atoms with Crippen LogP contribution >= 0.6 is 0 Å². The van der Waals surface area contributed by atoms with Gasteiger partial charge in [0.1, 0.15) is 5.54 Å². The van der Waals surface area contributed by atoms with E-state index in [0.717, 1.165) is 12.8 Å². The first-order valence-corrected chi connectivity index (χ1v) is 5.60. The normalized spacial score (nSPS) is 20.9. The Balaban J connectivity index is 2.74. The Bertz CT molecular complexity index is 289. The van der Waals surface area contributed by atoms with Crippen molar-refractivity contribution in [2.45, 2.75) is 45.2 Å². The van der Waals surface area contributed by atoms with Crippen LogP contribution in [0.5, 0.6) is 0 Å². The summed E-state index contributed by atoms with van der Waals surface area (Å²) in [6.45, 7) is 6.04. The zero-order chi connectivity index (χ0) is 12.3. The number of rotatable bonds is 4. The lowest BCUT2D eigenvalue weighted by Gasteiger charge is -2.31. The van der Waals surface area contributed by atoms with E-state index in [2.05, 4.69) is 12.2 Å². The van der Waals surface area contributed by atoms with Crippen LogP contribution in [0.3, 0.4) is 0 Å². The second-order valence-electron chi connectivity index (χ2n) is 4.60. The summed E-state index contributed by atoms with van der Waals surface area (Å²) in [6.07, 6.45) is 1.94. The van der Waals surface area contributed by atoms with Crippen LogP contribution in [0.25, 0.3) is 0 Å². The number of nitrogens with zero attached hydrogens (tertiary/aromatic N) is 1. The number of methoxy groups -OCH3 is 1. The van der Waals surface area contributed by atoms with Gasteiger partial charge in [-0.1, -0.05) is 13.3 Å². The molecule has 1 saturated heterocycles. The van der Waals surface area contributed by atoms with Crippen LogP contribution in [-0.2, 0) is 9.53 Å². The second-order valence-corrected chi connectivity index (χ2v) is 4.60. The smallest absolute Gasteiger partial charge is 0.331 e. The molecule has 1 unspecified atom stereocenters. The van der Waals surface area contributed by atoms with Gasteiger partial charge in [-0.15, -0.1) is 0 Å². The van der Waals surface area contributed by atoms with E-state index >= 15 is 0 Å². The zero-order valence-corrected chi connectivity index (χ0v) is 10.4. The van der Waals surface area contributed by atoms with Crippen LogP contribution in [0.15, 0.2) is 0 Å². The van der Waals surface area contributed by atoms with E-state index in [1.165, 1.54) is 7.11 Å². The largest absolute Gasteiger partial charge is 0.467 e. The van der Waals surface area contributed by atoms with Gasteiger partial charge in [0.15, 0.2) is 0 Å². The van der Waals surface area contributed by atoms with E-state index in [1.54, 1.807) is 18.7 Å². The molecule has 5 heteroatoms. The first kappa shape index (κ1) is 12.8. The molecule has 5 nitrogen and oxygen atoms in total. The first-order valence-electron chi connectivity index (χ1n) is 5.60. The fraction of sp³-hybridized carbons (Fsp3) is 0.818. The minimum atomic E-state index is -0.901.